The molecule has 12 aromatic heterocycles. The summed E-state index contributed by atoms with van der Waals surface area (Å²) in [6, 6.07) is 4.11. The Kier molecular flexibility index (Phi) is 16.2. The minimum absolute atomic E-state index is 0.468. The monoisotopic (exact) mass is 1330 g/mol. The van der Waals surface area contributed by atoms with Gasteiger partial charge in [0, 0.05) is 71.4 Å². The topological polar surface area (TPSA) is 309 Å². The molecule has 0 radical (unpaired) electrons. The Labute approximate surface area is 570 Å². The van der Waals surface area contributed by atoms with Crippen molar-refractivity contribution in [2.75, 3.05) is 34.6 Å². The molecule has 0 aromatic carbocycles. The van der Waals surface area contributed by atoms with Crippen LogP contribution in [0, 0.1) is 64.2 Å². The van der Waals surface area contributed by atoms with Crippen molar-refractivity contribution in [3.8, 4) is 18.4 Å². The standard InChI is InChI=1S/C20H23N7.C19H19N5.C17H20F2N6.C16H19N7/c1-11-15(9-27(26-11)20(2,3)10-21)23-19-24-17(13-6-7-13)16-14(12-4-5-12)8-22-18(16)25-19;1-3-12-9-20-19-18(12)15(13-4-5-13)8-17(22-19)21-16-10-24(14-6-7-14)23-11(16)2;1-9-7-20-16-14(9)15(11-3-4-11)22-17(23-16)21-13-8-25(24-10(13)2)12(5-18)6-19;1-9-12(6-19-23(9)7-10-2-3-10)20-16-21-13(11-4-5-11)14-15(22-16)18-8-17-14/h8-9,12-13H,4-7H2,1-3H3,(H2,22,23,24,25);1,8-10,13-14H,4-7H2,2H3,(H2,20,21,22);7-8,11-12H,3-6H2,1-2H3,(H2,20,21,22,23);6,8,10-11H,2-5,7H2,1H3,(H2,17,18,20,21,22). The molecule has 12 aromatic rings. The van der Waals surface area contributed by atoms with Gasteiger partial charge < -0.3 is 41.2 Å². The minimum atomic E-state index is -0.897. The number of fused-ring (bicyclic) bond motifs is 4. The molecule has 508 valence electrons. The smallest absolute Gasteiger partial charge is 0.229 e. The first-order chi connectivity index (χ1) is 48.1. The number of anilines is 8. The van der Waals surface area contributed by atoms with Crippen molar-refractivity contribution in [2.24, 2.45) is 5.92 Å². The third-order valence-electron chi connectivity index (χ3n) is 19.9. The highest BCUT2D eigenvalue weighted by molar-refractivity contribution is 5.90. The van der Waals surface area contributed by atoms with Gasteiger partial charge in [0.25, 0.3) is 0 Å². The molecule has 27 heteroatoms. The highest BCUT2D eigenvalue weighted by Crippen LogP contribution is 2.50. The molecule has 7 fully saturated rings. The van der Waals surface area contributed by atoms with E-state index in [4.69, 9.17) is 31.3 Å². The van der Waals surface area contributed by atoms with Gasteiger partial charge in [-0.3, -0.25) is 18.7 Å². The number of alkyl halides is 2. The summed E-state index contributed by atoms with van der Waals surface area (Å²) in [5.74, 6) is 8.94. The van der Waals surface area contributed by atoms with E-state index in [0.717, 1.165) is 127 Å². The molecule has 0 amide bonds. The number of nitrogens with zero attached hydrogens (tertiary/aromatic N) is 17. The maximum Gasteiger partial charge on any atom is 0.229 e. The number of pyridine rings is 1. The van der Waals surface area contributed by atoms with Gasteiger partial charge in [0.05, 0.1) is 99.0 Å². The van der Waals surface area contributed by atoms with Crippen LogP contribution in [0.25, 0.3) is 44.3 Å². The maximum atomic E-state index is 12.9. The lowest BCUT2D eigenvalue weighted by molar-refractivity contribution is 0.272. The average Bonchev–Trinajstić information content (AvgIpc) is 1.60. The van der Waals surface area contributed by atoms with E-state index in [-0.39, 0.29) is 0 Å². The highest BCUT2D eigenvalue weighted by Gasteiger charge is 2.36. The fraction of sp³-hybridized carbons (Fsp3) is 0.458. The Morgan fingerprint density at radius 2 is 1.17 bits per heavy atom. The van der Waals surface area contributed by atoms with Crippen molar-refractivity contribution in [1.29, 1.82) is 5.26 Å². The molecule has 0 atom stereocenters. The maximum absolute atomic E-state index is 12.9. The van der Waals surface area contributed by atoms with E-state index in [9.17, 15) is 14.0 Å². The van der Waals surface area contributed by atoms with Gasteiger partial charge >= 0.3 is 0 Å². The van der Waals surface area contributed by atoms with Crippen molar-refractivity contribution < 1.29 is 8.78 Å². The van der Waals surface area contributed by atoms with Crippen molar-refractivity contribution in [2.45, 2.75) is 192 Å². The second kappa shape index (κ2) is 25.4. The first kappa shape index (κ1) is 63.2. The van der Waals surface area contributed by atoms with Crippen molar-refractivity contribution in [3.63, 3.8) is 0 Å². The number of halogens is 2. The van der Waals surface area contributed by atoms with E-state index in [1.165, 1.54) is 104 Å². The van der Waals surface area contributed by atoms with Crippen LogP contribution in [-0.4, -0.2) is 112 Å². The van der Waals surface area contributed by atoms with Crippen LogP contribution < -0.4 is 21.3 Å². The van der Waals surface area contributed by atoms with Crippen LogP contribution in [0.1, 0.15) is 208 Å². The Morgan fingerprint density at radius 1 is 0.596 bits per heavy atom. The van der Waals surface area contributed by atoms with Gasteiger partial charge in [-0.1, -0.05) is 5.92 Å². The Bertz CT molecular complexity index is 5100. The molecular formula is C72H81F2N25. The van der Waals surface area contributed by atoms with Crippen molar-refractivity contribution >= 4 is 90.7 Å². The molecule has 7 aliphatic carbocycles. The third kappa shape index (κ3) is 13.3. The second-order valence-corrected chi connectivity index (χ2v) is 28.5. The summed E-state index contributed by atoms with van der Waals surface area (Å²) in [6.07, 6.45) is 37.9. The summed E-state index contributed by atoms with van der Waals surface area (Å²) in [5, 5.41) is 43.8. The van der Waals surface area contributed by atoms with Gasteiger partial charge in [-0.05, 0) is 179 Å². The number of nitriles is 1. The number of rotatable bonds is 20. The average molecular weight is 1330 g/mol. The van der Waals surface area contributed by atoms with E-state index in [2.05, 4.69) is 123 Å². The lowest BCUT2D eigenvalue weighted by atomic mass is 10.1. The van der Waals surface area contributed by atoms with Crippen LogP contribution in [0.4, 0.5) is 55.2 Å². The number of nitrogens with one attached hydrogen (secondary N) is 8. The molecule has 7 aliphatic rings. The van der Waals surface area contributed by atoms with Crippen LogP contribution in [0.5, 0.6) is 0 Å². The predicted octanol–water partition coefficient (Wildman–Crippen LogP) is 15.0. The van der Waals surface area contributed by atoms with Crippen LogP contribution in [0.15, 0.2) is 55.8 Å². The molecule has 25 nitrogen and oxygen atoms in total. The van der Waals surface area contributed by atoms with Gasteiger partial charge in [-0.2, -0.15) is 40.6 Å². The first-order valence-electron chi connectivity index (χ1n) is 34.8. The molecule has 0 unspecified atom stereocenters. The molecule has 12 heterocycles. The zero-order valence-electron chi connectivity index (χ0n) is 56.8. The SMILES string of the molecule is C#Cc1c[nH]c2nc(Nc3cn(C4CC4)nc3C)cc(C3CC3)c12.Cc1c(Nc2nc(C3CC3)c3[nH]cnc3n2)cnn1CC1CC1.Cc1nn(C(C)(C)C#N)cc1Nc1nc(C2CC2)c2c(C3CC3)c[nH]c2n1.Cc1nn(C(CF)CF)cc1Nc1nc(C2CC2)c2c(C)c[nH]c2n1. The van der Waals surface area contributed by atoms with Gasteiger partial charge in [0.1, 0.15) is 53.2 Å². The lowest BCUT2D eigenvalue weighted by Crippen LogP contribution is -2.24. The quantitative estimate of drug-likeness (QED) is 0.0329. The van der Waals surface area contributed by atoms with Crippen molar-refractivity contribution in [1.82, 2.24) is 98.9 Å². The summed E-state index contributed by atoms with van der Waals surface area (Å²) in [7, 11) is 0. The molecule has 7 saturated carbocycles. The zero-order valence-corrected chi connectivity index (χ0v) is 56.8. The van der Waals surface area contributed by atoms with Gasteiger partial charge in [-0.15, -0.1) is 6.42 Å². The number of hydrogen-bond acceptors (Lipinski definition) is 17. The highest BCUT2D eigenvalue weighted by atomic mass is 19.1. The number of aromatic amines is 4. The zero-order chi connectivity index (χ0) is 68.0. The molecular weight excluding hydrogens is 1250 g/mol. The van der Waals surface area contributed by atoms with Crippen LogP contribution >= 0.6 is 0 Å². The number of aryl methyl sites for hydroxylation is 4. The molecule has 0 aliphatic heterocycles. The van der Waals surface area contributed by atoms with E-state index in [1.807, 2.05) is 59.4 Å². The van der Waals surface area contributed by atoms with Crippen LogP contribution in [0.3, 0.4) is 0 Å². The third-order valence-corrected chi connectivity index (χ3v) is 19.9. The number of hydrogen-bond donors (Lipinski definition) is 8. The summed E-state index contributed by atoms with van der Waals surface area (Å²) < 4.78 is 32.9. The normalized spacial score (nSPS) is 16.7. The fourth-order valence-corrected chi connectivity index (χ4v) is 12.9. The largest absolute Gasteiger partial charge is 0.346 e. The molecule has 0 spiro atoms. The summed E-state index contributed by atoms with van der Waals surface area (Å²) in [6.45, 7) is 13.0. The number of H-pyrrole nitrogens is 4. The Hall–Kier alpha value is -10.6. The minimum Gasteiger partial charge on any atom is -0.346 e. The summed E-state index contributed by atoms with van der Waals surface area (Å²) in [5.41, 5.74) is 18.7. The van der Waals surface area contributed by atoms with Crippen molar-refractivity contribution in [3.05, 3.63) is 118 Å². The van der Waals surface area contributed by atoms with Gasteiger partial charge in [0.15, 0.2) is 5.65 Å². The van der Waals surface area contributed by atoms with Gasteiger partial charge in [-0.25, -0.2) is 33.7 Å². The van der Waals surface area contributed by atoms with Gasteiger partial charge in [0.2, 0.25) is 17.8 Å². The van der Waals surface area contributed by atoms with E-state index in [1.54, 1.807) is 24.1 Å². The van der Waals surface area contributed by atoms with E-state index < -0.39 is 24.9 Å². The fourth-order valence-electron chi connectivity index (χ4n) is 12.9. The second-order valence-electron chi connectivity index (χ2n) is 28.5. The Balaban J connectivity index is 0.000000103. The van der Waals surface area contributed by atoms with E-state index >= 15 is 0 Å². The summed E-state index contributed by atoms with van der Waals surface area (Å²) >= 11 is 0. The number of aromatic nitrogens is 20. The predicted molar refractivity (Wildman–Crippen MR) is 376 cm³/mol. The van der Waals surface area contributed by atoms with E-state index in [0.29, 0.717) is 64.9 Å². The number of imidazole rings is 1. The lowest BCUT2D eigenvalue weighted by Gasteiger charge is -2.15. The first-order valence-corrected chi connectivity index (χ1v) is 34.8. The van der Waals surface area contributed by atoms with Crippen LogP contribution in [-0.2, 0) is 12.1 Å². The van der Waals surface area contributed by atoms with Crippen LogP contribution in [0.2, 0.25) is 0 Å². The molecule has 8 N–H and O–H groups in total. The molecule has 99 heavy (non-hydrogen) atoms. The number of terminal acetylenes is 1. The molecule has 0 bridgehead atoms. The molecule has 0 saturated heterocycles. The Morgan fingerprint density at radius 3 is 1.83 bits per heavy atom. The molecule has 19 rings (SSSR count). The summed E-state index contributed by atoms with van der Waals surface area (Å²) in [4.78, 5) is 50.0.